The fraction of sp³-hybridized carbons (Fsp3) is 0.222. The molecule has 2 aromatic rings. The maximum absolute atomic E-state index is 12.3. The summed E-state index contributed by atoms with van der Waals surface area (Å²) in [7, 11) is 0. The molecule has 0 spiro atoms. The molecule has 2 rings (SSSR count). The first-order chi connectivity index (χ1) is 11.1. The molecule has 1 amide bonds. The topological polar surface area (TPSA) is 77.1 Å². The number of aromatic nitrogens is 1. The highest BCUT2D eigenvalue weighted by molar-refractivity contribution is 5.94. The molecular formula is C18H21N3O2. The summed E-state index contributed by atoms with van der Waals surface area (Å²) in [5.41, 5.74) is 1.60. The van der Waals surface area contributed by atoms with Gasteiger partial charge in [0.15, 0.2) is 5.43 Å². The number of hydrogen-bond donors (Lipinski definition) is 2. The number of hydrogen-bond acceptors (Lipinski definition) is 3. The summed E-state index contributed by atoms with van der Waals surface area (Å²) in [5, 5.41) is 2.76. The lowest BCUT2D eigenvalue weighted by Gasteiger charge is -2.13. The van der Waals surface area contributed by atoms with Crippen LogP contribution in [0.1, 0.15) is 28.0 Å². The third kappa shape index (κ3) is 4.32. The van der Waals surface area contributed by atoms with Crippen LogP contribution < -0.4 is 16.6 Å². The Balaban J connectivity index is 2.23. The van der Waals surface area contributed by atoms with Crippen molar-refractivity contribution in [2.75, 3.05) is 12.4 Å². The minimum atomic E-state index is -0.338. The predicted molar refractivity (Wildman–Crippen MR) is 91.8 cm³/mol. The summed E-state index contributed by atoms with van der Waals surface area (Å²) in [6.45, 7) is 4.07. The van der Waals surface area contributed by atoms with Crippen LogP contribution in [0.25, 0.3) is 0 Å². The van der Waals surface area contributed by atoms with E-state index in [1.165, 1.54) is 16.9 Å². The lowest BCUT2D eigenvalue weighted by molar-refractivity contribution is 0.0945. The molecule has 1 aromatic carbocycles. The number of nitrogens with two attached hydrogens (primary N) is 1. The fourth-order valence-corrected chi connectivity index (χ4v) is 2.38. The zero-order valence-electron chi connectivity index (χ0n) is 13.0. The Morgan fingerprint density at radius 1 is 1.22 bits per heavy atom. The van der Waals surface area contributed by atoms with Gasteiger partial charge in [-0.3, -0.25) is 14.3 Å². The van der Waals surface area contributed by atoms with Crippen LogP contribution in [0.5, 0.6) is 0 Å². The van der Waals surface area contributed by atoms with Crippen LogP contribution in [0.2, 0.25) is 0 Å². The molecule has 120 valence electrons. The molecule has 0 saturated heterocycles. The van der Waals surface area contributed by atoms with Crippen molar-refractivity contribution in [3.63, 3.8) is 0 Å². The largest absolute Gasteiger partial charge is 0.350 e. The monoisotopic (exact) mass is 311 g/mol. The molecule has 3 N–H and O–H groups in total. The Hall–Kier alpha value is -2.82. The molecule has 1 aromatic heterocycles. The van der Waals surface area contributed by atoms with E-state index in [9.17, 15) is 9.59 Å². The number of amides is 1. The first-order valence-corrected chi connectivity index (χ1v) is 7.56. The van der Waals surface area contributed by atoms with Crippen LogP contribution in [0.3, 0.4) is 0 Å². The van der Waals surface area contributed by atoms with Gasteiger partial charge >= 0.3 is 0 Å². The van der Waals surface area contributed by atoms with Crippen LogP contribution in [-0.2, 0) is 12.8 Å². The molecule has 23 heavy (non-hydrogen) atoms. The summed E-state index contributed by atoms with van der Waals surface area (Å²) in [6.07, 6.45) is 4.93. The molecule has 0 atom stereocenters. The fourth-order valence-electron chi connectivity index (χ4n) is 2.38. The van der Waals surface area contributed by atoms with Gasteiger partial charge in [-0.15, -0.1) is 6.58 Å². The Morgan fingerprint density at radius 2 is 1.96 bits per heavy atom. The van der Waals surface area contributed by atoms with Gasteiger partial charge in [0.25, 0.3) is 5.91 Å². The molecule has 5 nitrogen and oxygen atoms in total. The number of carbonyl (C=O) groups excluding carboxylic acids is 1. The van der Waals surface area contributed by atoms with Crippen molar-refractivity contribution in [3.05, 3.63) is 82.3 Å². The molecular weight excluding hydrogens is 290 g/mol. The standard InChI is InChI=1S/C18H21N3O2/c1-2-3-12-20-18(23)17-15(16(22)11-13-21(17)19)10-9-14-7-5-4-6-8-14/h2,4-8,11,13H,1,3,9-10,12,19H2,(H,20,23). The van der Waals surface area contributed by atoms with Crippen molar-refractivity contribution in [1.82, 2.24) is 9.99 Å². The van der Waals surface area contributed by atoms with Crippen molar-refractivity contribution in [3.8, 4) is 0 Å². The van der Waals surface area contributed by atoms with E-state index in [2.05, 4.69) is 11.9 Å². The van der Waals surface area contributed by atoms with Gasteiger partial charge in [-0.25, -0.2) is 0 Å². The highest BCUT2D eigenvalue weighted by Crippen LogP contribution is 2.08. The summed E-state index contributed by atoms with van der Waals surface area (Å²) in [4.78, 5) is 24.5. The minimum absolute atomic E-state index is 0.170. The van der Waals surface area contributed by atoms with E-state index in [0.717, 1.165) is 5.56 Å². The number of nitrogens with zero attached hydrogens (tertiary/aromatic N) is 1. The molecule has 5 heteroatoms. The van der Waals surface area contributed by atoms with Gasteiger partial charge in [0, 0.05) is 24.4 Å². The lowest BCUT2D eigenvalue weighted by Crippen LogP contribution is -2.34. The average Bonchev–Trinajstić information content (AvgIpc) is 2.56. The number of aryl methyl sites for hydroxylation is 1. The molecule has 0 radical (unpaired) electrons. The Morgan fingerprint density at radius 3 is 2.65 bits per heavy atom. The van der Waals surface area contributed by atoms with Crippen molar-refractivity contribution in [2.24, 2.45) is 0 Å². The van der Waals surface area contributed by atoms with E-state index in [4.69, 9.17) is 5.84 Å². The van der Waals surface area contributed by atoms with E-state index < -0.39 is 0 Å². The second kappa shape index (κ2) is 7.98. The number of carbonyl (C=O) groups is 1. The highest BCUT2D eigenvalue weighted by atomic mass is 16.2. The lowest BCUT2D eigenvalue weighted by atomic mass is 10.0. The Labute approximate surface area is 135 Å². The number of nitrogens with one attached hydrogen (secondary N) is 1. The maximum atomic E-state index is 12.3. The van der Waals surface area contributed by atoms with Gasteiger partial charge in [-0.2, -0.15) is 0 Å². The van der Waals surface area contributed by atoms with Gasteiger partial charge in [0.1, 0.15) is 5.69 Å². The van der Waals surface area contributed by atoms with E-state index >= 15 is 0 Å². The molecule has 0 aliphatic heterocycles. The zero-order valence-corrected chi connectivity index (χ0v) is 13.0. The quantitative estimate of drug-likeness (QED) is 0.464. The highest BCUT2D eigenvalue weighted by Gasteiger charge is 2.17. The molecule has 0 aliphatic carbocycles. The van der Waals surface area contributed by atoms with Crippen LogP contribution in [0, 0.1) is 0 Å². The molecule has 0 aliphatic rings. The van der Waals surface area contributed by atoms with Gasteiger partial charge in [-0.1, -0.05) is 36.4 Å². The summed E-state index contributed by atoms with van der Waals surface area (Å²) in [5.74, 6) is 5.52. The van der Waals surface area contributed by atoms with Crippen molar-refractivity contribution < 1.29 is 4.79 Å². The Kier molecular flexibility index (Phi) is 5.74. The number of benzene rings is 1. The van der Waals surface area contributed by atoms with E-state index in [0.29, 0.717) is 31.4 Å². The predicted octanol–water partition coefficient (Wildman–Crippen LogP) is 1.65. The average molecular weight is 311 g/mol. The summed E-state index contributed by atoms with van der Waals surface area (Å²) >= 11 is 0. The first kappa shape index (κ1) is 16.5. The van der Waals surface area contributed by atoms with Crippen molar-refractivity contribution in [2.45, 2.75) is 19.3 Å². The van der Waals surface area contributed by atoms with Crippen LogP contribution in [0.15, 0.2) is 60.0 Å². The van der Waals surface area contributed by atoms with Crippen LogP contribution in [0.4, 0.5) is 0 Å². The third-order valence-electron chi connectivity index (χ3n) is 3.58. The second-order valence-electron chi connectivity index (χ2n) is 5.23. The zero-order chi connectivity index (χ0) is 16.7. The number of rotatable bonds is 7. The van der Waals surface area contributed by atoms with Gasteiger partial charge < -0.3 is 11.2 Å². The molecule has 0 unspecified atom stereocenters. The SMILES string of the molecule is C=CCCNC(=O)c1c(CCc2ccccc2)c(=O)ccn1N. The van der Waals surface area contributed by atoms with Crippen molar-refractivity contribution in [1.29, 1.82) is 0 Å². The van der Waals surface area contributed by atoms with Gasteiger partial charge in [-0.05, 0) is 24.8 Å². The normalized spacial score (nSPS) is 10.3. The molecule has 1 heterocycles. The van der Waals surface area contributed by atoms with Crippen molar-refractivity contribution >= 4 is 5.91 Å². The second-order valence-corrected chi connectivity index (χ2v) is 5.23. The van der Waals surface area contributed by atoms with E-state index in [-0.39, 0.29) is 17.0 Å². The smallest absolute Gasteiger partial charge is 0.270 e. The molecule has 0 saturated carbocycles. The molecule has 0 fully saturated rings. The summed E-state index contributed by atoms with van der Waals surface area (Å²) in [6, 6.07) is 11.2. The van der Waals surface area contributed by atoms with E-state index in [1.807, 2.05) is 30.3 Å². The summed E-state index contributed by atoms with van der Waals surface area (Å²) < 4.78 is 1.21. The van der Waals surface area contributed by atoms with E-state index in [1.54, 1.807) is 6.08 Å². The molecule has 0 bridgehead atoms. The number of pyridine rings is 1. The van der Waals surface area contributed by atoms with Crippen LogP contribution in [-0.4, -0.2) is 17.1 Å². The Bertz CT molecular complexity index is 736. The first-order valence-electron chi connectivity index (χ1n) is 7.56. The number of nitrogen functional groups attached to an aromatic ring is 1. The minimum Gasteiger partial charge on any atom is -0.350 e. The third-order valence-corrected chi connectivity index (χ3v) is 3.58. The van der Waals surface area contributed by atoms with Crippen LogP contribution >= 0.6 is 0 Å². The van der Waals surface area contributed by atoms with Gasteiger partial charge in [0.05, 0.1) is 0 Å². The van der Waals surface area contributed by atoms with Gasteiger partial charge in [0.2, 0.25) is 0 Å². The maximum Gasteiger partial charge on any atom is 0.270 e.